The largest absolute Gasteiger partial charge is 0.368 e. The zero-order valence-electron chi connectivity index (χ0n) is 15.8. The first-order valence-corrected chi connectivity index (χ1v) is 9.81. The minimum absolute atomic E-state index is 0.124. The van der Waals surface area contributed by atoms with Crippen molar-refractivity contribution in [2.45, 2.75) is 25.0 Å². The molecule has 0 radical (unpaired) electrons. The van der Waals surface area contributed by atoms with Crippen molar-refractivity contribution in [1.29, 1.82) is 0 Å². The predicted molar refractivity (Wildman–Crippen MR) is 110 cm³/mol. The Morgan fingerprint density at radius 2 is 1.93 bits per heavy atom. The minimum Gasteiger partial charge on any atom is -0.368 e. The number of nitrogens with two attached hydrogens (primary N) is 1. The number of amides is 2. The van der Waals surface area contributed by atoms with Gasteiger partial charge in [-0.25, -0.2) is 4.98 Å². The van der Waals surface area contributed by atoms with E-state index in [0.29, 0.717) is 10.7 Å². The molecule has 0 saturated heterocycles. The lowest BCUT2D eigenvalue weighted by molar-refractivity contribution is -0.126. The molecule has 0 aliphatic carbocycles. The van der Waals surface area contributed by atoms with E-state index in [1.807, 2.05) is 30.7 Å². The van der Waals surface area contributed by atoms with Crippen molar-refractivity contribution < 1.29 is 9.59 Å². The van der Waals surface area contributed by atoms with E-state index < -0.39 is 11.9 Å². The fourth-order valence-electron chi connectivity index (χ4n) is 2.86. The van der Waals surface area contributed by atoms with Gasteiger partial charge in [0.1, 0.15) is 6.04 Å². The molecule has 0 saturated carbocycles. The molecule has 0 aliphatic rings. The molecule has 2 amide bonds. The number of hydrogen-bond acceptors (Lipinski definition) is 4. The number of aryl methyl sites for hydroxylation is 2. The van der Waals surface area contributed by atoms with E-state index in [0.717, 1.165) is 16.8 Å². The summed E-state index contributed by atoms with van der Waals surface area (Å²) >= 11 is 1.31. The fraction of sp³-hybridized carbons (Fsp3) is 0.190. The molecule has 2 aromatic carbocycles. The highest BCUT2D eigenvalue weighted by Gasteiger charge is 2.20. The first kappa shape index (κ1) is 19.7. The van der Waals surface area contributed by atoms with Gasteiger partial charge in [-0.3, -0.25) is 14.2 Å². The normalized spacial score (nSPS) is 11.8. The highest BCUT2D eigenvalue weighted by molar-refractivity contribution is 7.99. The number of nitrogens with one attached hydrogen (secondary N) is 1. The second kappa shape index (κ2) is 8.75. The number of carbonyl (C=O) groups is 2. The van der Waals surface area contributed by atoms with Gasteiger partial charge in [0.25, 0.3) is 0 Å². The monoisotopic (exact) mass is 394 g/mol. The van der Waals surface area contributed by atoms with Crippen LogP contribution < -0.4 is 11.1 Å². The Kier molecular flexibility index (Phi) is 6.16. The Morgan fingerprint density at radius 3 is 2.64 bits per heavy atom. The van der Waals surface area contributed by atoms with Crippen LogP contribution in [0, 0.1) is 13.8 Å². The van der Waals surface area contributed by atoms with Crippen molar-refractivity contribution in [3.63, 3.8) is 0 Å². The quantitative estimate of drug-likeness (QED) is 0.603. The van der Waals surface area contributed by atoms with Gasteiger partial charge >= 0.3 is 0 Å². The third-order valence-corrected chi connectivity index (χ3v) is 5.25. The van der Waals surface area contributed by atoms with E-state index in [9.17, 15) is 9.59 Å². The summed E-state index contributed by atoms with van der Waals surface area (Å²) in [7, 11) is 0. The Morgan fingerprint density at radius 1 is 1.18 bits per heavy atom. The van der Waals surface area contributed by atoms with Crippen LogP contribution >= 0.6 is 11.8 Å². The third kappa shape index (κ3) is 4.61. The highest BCUT2D eigenvalue weighted by atomic mass is 32.2. The van der Waals surface area contributed by atoms with Gasteiger partial charge in [0, 0.05) is 12.4 Å². The third-order valence-electron chi connectivity index (χ3n) is 4.29. The average Bonchev–Trinajstić information content (AvgIpc) is 3.15. The summed E-state index contributed by atoms with van der Waals surface area (Å²) in [5, 5.41) is 3.41. The first-order valence-electron chi connectivity index (χ1n) is 8.83. The number of hydrogen-bond donors (Lipinski definition) is 2. The Bertz CT molecular complexity index is 985. The van der Waals surface area contributed by atoms with E-state index >= 15 is 0 Å². The first-order chi connectivity index (χ1) is 13.5. The molecule has 0 spiro atoms. The lowest BCUT2D eigenvalue weighted by atomic mass is 10.1. The lowest BCUT2D eigenvalue weighted by Crippen LogP contribution is -2.38. The number of carbonyl (C=O) groups excluding carboxylic acids is 2. The van der Waals surface area contributed by atoms with Crippen LogP contribution in [0.15, 0.2) is 66.1 Å². The fourth-order valence-corrected chi connectivity index (χ4v) is 3.63. The molecule has 7 heteroatoms. The van der Waals surface area contributed by atoms with Crippen LogP contribution in [0.25, 0.3) is 5.69 Å². The van der Waals surface area contributed by atoms with E-state index in [4.69, 9.17) is 5.73 Å². The second-order valence-electron chi connectivity index (χ2n) is 6.47. The molecule has 0 fully saturated rings. The topological polar surface area (TPSA) is 90.0 Å². The van der Waals surface area contributed by atoms with Gasteiger partial charge in [-0.1, -0.05) is 54.2 Å². The molecule has 3 aromatic rings. The number of aromatic nitrogens is 2. The van der Waals surface area contributed by atoms with Crippen molar-refractivity contribution in [2.75, 3.05) is 5.75 Å². The highest BCUT2D eigenvalue weighted by Crippen LogP contribution is 2.23. The van der Waals surface area contributed by atoms with Gasteiger partial charge in [0.05, 0.1) is 11.4 Å². The van der Waals surface area contributed by atoms with Crippen LogP contribution in [-0.2, 0) is 9.59 Å². The van der Waals surface area contributed by atoms with Gasteiger partial charge in [0.15, 0.2) is 5.16 Å². The van der Waals surface area contributed by atoms with E-state index in [1.165, 1.54) is 11.8 Å². The van der Waals surface area contributed by atoms with E-state index in [1.54, 1.807) is 30.5 Å². The van der Waals surface area contributed by atoms with Crippen LogP contribution in [0.4, 0.5) is 0 Å². The molecule has 6 nitrogen and oxygen atoms in total. The van der Waals surface area contributed by atoms with Crippen LogP contribution in [0.2, 0.25) is 0 Å². The van der Waals surface area contributed by atoms with Crippen LogP contribution in [0.1, 0.15) is 22.7 Å². The standard InChI is InChI=1S/C21H22N4O2S/c1-14-8-9-15(2)17(12-14)25-11-10-23-21(25)28-13-18(26)24-19(20(22)27)16-6-4-3-5-7-16/h3-12,19H,13H2,1-2H3,(H2,22,27)(H,24,26). The molecule has 3 N–H and O–H groups in total. The molecule has 1 atom stereocenters. The van der Waals surface area contributed by atoms with Gasteiger partial charge in [-0.05, 0) is 36.6 Å². The number of primary amides is 1. The second-order valence-corrected chi connectivity index (χ2v) is 7.41. The zero-order valence-corrected chi connectivity index (χ0v) is 16.6. The van der Waals surface area contributed by atoms with Crippen LogP contribution in [0.3, 0.4) is 0 Å². The van der Waals surface area contributed by atoms with E-state index in [2.05, 4.69) is 28.5 Å². The van der Waals surface area contributed by atoms with Gasteiger partial charge in [-0.15, -0.1) is 0 Å². The summed E-state index contributed by atoms with van der Waals surface area (Å²) in [6.07, 6.45) is 3.58. The summed E-state index contributed by atoms with van der Waals surface area (Å²) < 4.78 is 1.96. The zero-order chi connectivity index (χ0) is 20.1. The summed E-state index contributed by atoms with van der Waals surface area (Å²) in [4.78, 5) is 28.5. The maximum atomic E-state index is 12.4. The predicted octanol–water partition coefficient (Wildman–Crippen LogP) is 2.92. The Labute approximate surface area is 168 Å². The molecule has 1 aromatic heterocycles. The maximum absolute atomic E-state index is 12.4. The Balaban J connectivity index is 1.70. The molecule has 3 rings (SSSR count). The molecule has 0 aliphatic heterocycles. The number of nitrogens with zero attached hydrogens (tertiary/aromatic N) is 2. The van der Waals surface area contributed by atoms with Crippen molar-refractivity contribution in [1.82, 2.24) is 14.9 Å². The molecule has 1 heterocycles. The summed E-state index contributed by atoms with van der Waals surface area (Å²) in [6.45, 7) is 4.07. The van der Waals surface area contributed by atoms with Crippen LogP contribution in [0.5, 0.6) is 0 Å². The minimum atomic E-state index is -0.854. The number of benzene rings is 2. The van der Waals surface area contributed by atoms with Crippen molar-refractivity contribution in [3.05, 3.63) is 77.6 Å². The summed E-state index contributed by atoms with van der Waals surface area (Å²) in [5.74, 6) is -0.756. The van der Waals surface area contributed by atoms with E-state index in [-0.39, 0.29) is 11.7 Å². The summed E-state index contributed by atoms with van der Waals surface area (Å²) in [6, 6.07) is 14.3. The SMILES string of the molecule is Cc1ccc(C)c(-n2ccnc2SCC(=O)NC(C(N)=O)c2ccccc2)c1. The number of thioether (sulfide) groups is 1. The molecule has 144 valence electrons. The number of rotatable bonds is 7. The molecular formula is C21H22N4O2S. The molecular weight excluding hydrogens is 372 g/mol. The van der Waals surface area contributed by atoms with Crippen molar-refractivity contribution >= 4 is 23.6 Å². The average molecular weight is 395 g/mol. The Hall–Kier alpha value is -3.06. The maximum Gasteiger partial charge on any atom is 0.244 e. The van der Waals surface area contributed by atoms with Gasteiger partial charge < -0.3 is 11.1 Å². The number of imidazole rings is 1. The summed E-state index contributed by atoms with van der Waals surface area (Å²) in [5.41, 5.74) is 9.41. The molecule has 28 heavy (non-hydrogen) atoms. The molecule has 1 unspecified atom stereocenters. The van der Waals surface area contributed by atoms with Crippen molar-refractivity contribution in [3.8, 4) is 5.69 Å². The van der Waals surface area contributed by atoms with Gasteiger partial charge in [0.2, 0.25) is 11.8 Å². The smallest absolute Gasteiger partial charge is 0.244 e. The van der Waals surface area contributed by atoms with Gasteiger partial charge in [-0.2, -0.15) is 0 Å². The van der Waals surface area contributed by atoms with Crippen molar-refractivity contribution in [2.24, 2.45) is 5.73 Å². The van der Waals surface area contributed by atoms with Crippen LogP contribution in [-0.4, -0.2) is 27.1 Å². The lowest BCUT2D eigenvalue weighted by Gasteiger charge is -2.16. The molecule has 0 bridgehead atoms.